The minimum atomic E-state index is -0.585. The summed E-state index contributed by atoms with van der Waals surface area (Å²) in [6.07, 6.45) is 2.02. The summed E-state index contributed by atoms with van der Waals surface area (Å²) >= 11 is 5.90. The molecule has 4 rings (SSSR count). The molecule has 0 fully saturated rings. The molecule has 39 heavy (non-hydrogen) atoms. The third kappa shape index (κ3) is 7.23. The number of anilines is 1. The van der Waals surface area contributed by atoms with Crippen LogP contribution in [0.3, 0.4) is 0 Å². The Bertz CT molecular complexity index is 1570. The number of amides is 2. The van der Waals surface area contributed by atoms with Gasteiger partial charge in [0.05, 0.1) is 10.9 Å². The number of para-hydroxylation sites is 1. The summed E-state index contributed by atoms with van der Waals surface area (Å²) in [5.74, 6) is -0.539. The molecular formula is C30H31ClN4O4. The maximum atomic E-state index is 13.3. The quantitative estimate of drug-likeness (QED) is 0.295. The molecule has 202 valence electrons. The highest BCUT2D eigenvalue weighted by Gasteiger charge is 2.16. The third-order valence-corrected chi connectivity index (χ3v) is 6.77. The first-order chi connectivity index (χ1) is 18.9. The van der Waals surface area contributed by atoms with Crippen LogP contribution in [0.25, 0.3) is 10.9 Å². The molecule has 0 atom stereocenters. The van der Waals surface area contributed by atoms with Gasteiger partial charge in [-0.2, -0.15) is 0 Å². The van der Waals surface area contributed by atoms with Crippen molar-refractivity contribution in [2.24, 2.45) is 0 Å². The SMILES string of the molecule is CCc1ccc(NC(=O)Cn2c(=O)n(CCCC(=O)NCCc3ccc(Cl)cc3)c(=O)c3ccccc32)cc1. The van der Waals surface area contributed by atoms with E-state index in [1.165, 1.54) is 4.57 Å². The van der Waals surface area contributed by atoms with Gasteiger partial charge < -0.3 is 10.6 Å². The van der Waals surface area contributed by atoms with E-state index in [9.17, 15) is 19.2 Å². The van der Waals surface area contributed by atoms with Crippen LogP contribution in [0.2, 0.25) is 5.02 Å². The molecule has 3 aromatic carbocycles. The number of fused-ring (bicyclic) bond motifs is 1. The van der Waals surface area contributed by atoms with Crippen molar-refractivity contribution in [2.45, 2.75) is 45.7 Å². The molecule has 0 radical (unpaired) electrons. The van der Waals surface area contributed by atoms with Gasteiger partial charge in [-0.25, -0.2) is 4.79 Å². The Labute approximate surface area is 231 Å². The lowest BCUT2D eigenvalue weighted by Gasteiger charge is -2.14. The second kappa shape index (κ2) is 13.1. The van der Waals surface area contributed by atoms with Crippen molar-refractivity contribution in [3.8, 4) is 0 Å². The first-order valence-corrected chi connectivity index (χ1v) is 13.4. The number of nitrogens with one attached hydrogen (secondary N) is 2. The van der Waals surface area contributed by atoms with Gasteiger partial charge in [-0.15, -0.1) is 0 Å². The number of halogens is 1. The molecule has 0 saturated carbocycles. The molecule has 0 spiro atoms. The molecule has 2 N–H and O–H groups in total. The fourth-order valence-corrected chi connectivity index (χ4v) is 4.50. The van der Waals surface area contributed by atoms with Crippen LogP contribution in [0.4, 0.5) is 5.69 Å². The summed E-state index contributed by atoms with van der Waals surface area (Å²) < 4.78 is 2.41. The standard InChI is InChI=1S/C30H31ClN4O4/c1-2-21-11-15-24(16-12-21)33-28(37)20-35-26-7-4-3-6-25(26)29(38)34(30(35)39)19-5-8-27(36)32-18-17-22-9-13-23(31)14-10-22/h3-4,6-7,9-16H,2,5,8,17-20H2,1H3,(H,32,36)(H,33,37). The Morgan fingerprint density at radius 1 is 0.846 bits per heavy atom. The van der Waals surface area contributed by atoms with Crippen LogP contribution in [0.15, 0.2) is 82.4 Å². The van der Waals surface area contributed by atoms with Crippen molar-refractivity contribution >= 4 is 40.0 Å². The summed E-state index contributed by atoms with van der Waals surface area (Å²) in [6, 6.07) is 21.7. The molecule has 0 saturated heterocycles. The van der Waals surface area contributed by atoms with E-state index in [0.717, 1.165) is 22.1 Å². The number of hydrogen-bond donors (Lipinski definition) is 2. The zero-order chi connectivity index (χ0) is 27.8. The molecule has 2 amide bonds. The Hall–Kier alpha value is -4.17. The molecule has 0 aliphatic carbocycles. The third-order valence-electron chi connectivity index (χ3n) is 6.51. The van der Waals surface area contributed by atoms with Crippen molar-refractivity contribution in [3.05, 3.63) is 110 Å². The van der Waals surface area contributed by atoms with Gasteiger partial charge in [0.15, 0.2) is 0 Å². The minimum Gasteiger partial charge on any atom is -0.356 e. The average molecular weight is 547 g/mol. The maximum absolute atomic E-state index is 13.3. The average Bonchev–Trinajstić information content (AvgIpc) is 2.94. The van der Waals surface area contributed by atoms with Crippen LogP contribution in [-0.4, -0.2) is 27.5 Å². The van der Waals surface area contributed by atoms with Gasteiger partial charge in [-0.05, 0) is 66.8 Å². The largest absolute Gasteiger partial charge is 0.356 e. The molecule has 0 unspecified atom stereocenters. The number of aryl methyl sites for hydroxylation is 1. The lowest BCUT2D eigenvalue weighted by atomic mass is 10.1. The Morgan fingerprint density at radius 2 is 1.54 bits per heavy atom. The van der Waals surface area contributed by atoms with E-state index >= 15 is 0 Å². The fraction of sp³-hybridized carbons (Fsp3) is 0.267. The summed E-state index contributed by atoms with van der Waals surface area (Å²) in [5, 5.41) is 6.68. The number of carbonyl (C=O) groups excluding carboxylic acids is 2. The van der Waals surface area contributed by atoms with Gasteiger partial charge in [-0.3, -0.25) is 23.5 Å². The van der Waals surface area contributed by atoms with Gasteiger partial charge in [-0.1, -0.05) is 54.9 Å². The summed E-state index contributed by atoms with van der Waals surface area (Å²) in [4.78, 5) is 51.6. The van der Waals surface area contributed by atoms with E-state index in [1.807, 2.05) is 36.4 Å². The fourth-order valence-electron chi connectivity index (χ4n) is 4.37. The van der Waals surface area contributed by atoms with Crippen LogP contribution < -0.4 is 21.9 Å². The lowest BCUT2D eigenvalue weighted by Crippen LogP contribution is -2.42. The van der Waals surface area contributed by atoms with Crippen molar-refractivity contribution in [1.82, 2.24) is 14.5 Å². The Kier molecular flexibility index (Phi) is 9.33. The first kappa shape index (κ1) is 27.9. The van der Waals surface area contributed by atoms with E-state index in [4.69, 9.17) is 11.6 Å². The highest BCUT2D eigenvalue weighted by molar-refractivity contribution is 6.30. The van der Waals surface area contributed by atoms with Crippen molar-refractivity contribution in [2.75, 3.05) is 11.9 Å². The van der Waals surface area contributed by atoms with Gasteiger partial charge in [0.25, 0.3) is 5.56 Å². The molecule has 8 nitrogen and oxygen atoms in total. The van der Waals surface area contributed by atoms with Crippen LogP contribution in [-0.2, 0) is 35.5 Å². The van der Waals surface area contributed by atoms with Crippen molar-refractivity contribution in [1.29, 1.82) is 0 Å². The van der Waals surface area contributed by atoms with Gasteiger partial charge in [0.2, 0.25) is 11.8 Å². The van der Waals surface area contributed by atoms with Gasteiger partial charge in [0.1, 0.15) is 6.54 Å². The van der Waals surface area contributed by atoms with Crippen LogP contribution in [0, 0.1) is 0 Å². The maximum Gasteiger partial charge on any atom is 0.331 e. The zero-order valence-electron chi connectivity index (χ0n) is 21.8. The van der Waals surface area contributed by atoms with E-state index in [2.05, 4.69) is 17.6 Å². The van der Waals surface area contributed by atoms with Crippen molar-refractivity contribution < 1.29 is 9.59 Å². The molecule has 0 aliphatic rings. The van der Waals surface area contributed by atoms with Gasteiger partial charge >= 0.3 is 5.69 Å². The highest BCUT2D eigenvalue weighted by Crippen LogP contribution is 2.12. The number of carbonyl (C=O) groups is 2. The molecule has 1 heterocycles. The topological polar surface area (TPSA) is 102 Å². The summed E-state index contributed by atoms with van der Waals surface area (Å²) in [7, 11) is 0. The van der Waals surface area contributed by atoms with Crippen LogP contribution in [0.1, 0.15) is 30.9 Å². The minimum absolute atomic E-state index is 0.0627. The van der Waals surface area contributed by atoms with E-state index in [1.54, 1.807) is 36.4 Å². The normalized spacial score (nSPS) is 10.9. The van der Waals surface area contributed by atoms with E-state index in [0.29, 0.717) is 41.0 Å². The molecular weight excluding hydrogens is 516 g/mol. The second-order valence-corrected chi connectivity index (χ2v) is 9.71. The number of benzene rings is 3. The number of nitrogens with zero attached hydrogens (tertiary/aromatic N) is 2. The molecule has 0 bridgehead atoms. The summed E-state index contributed by atoms with van der Waals surface area (Å²) in [5.41, 5.74) is 2.21. The lowest BCUT2D eigenvalue weighted by molar-refractivity contribution is -0.121. The van der Waals surface area contributed by atoms with Gasteiger partial charge in [0, 0.05) is 30.2 Å². The monoisotopic (exact) mass is 546 g/mol. The van der Waals surface area contributed by atoms with E-state index < -0.39 is 11.2 Å². The summed E-state index contributed by atoms with van der Waals surface area (Å²) in [6.45, 7) is 2.34. The molecule has 4 aromatic rings. The first-order valence-electron chi connectivity index (χ1n) is 13.0. The highest BCUT2D eigenvalue weighted by atomic mass is 35.5. The Balaban J connectivity index is 1.42. The van der Waals surface area contributed by atoms with E-state index in [-0.39, 0.29) is 31.3 Å². The zero-order valence-corrected chi connectivity index (χ0v) is 22.5. The predicted molar refractivity (Wildman–Crippen MR) is 154 cm³/mol. The second-order valence-electron chi connectivity index (χ2n) is 9.27. The Morgan fingerprint density at radius 3 is 2.26 bits per heavy atom. The smallest absolute Gasteiger partial charge is 0.331 e. The number of rotatable bonds is 11. The molecule has 9 heteroatoms. The van der Waals surface area contributed by atoms with Crippen LogP contribution in [0.5, 0.6) is 0 Å². The number of aromatic nitrogens is 2. The molecule has 1 aromatic heterocycles. The number of hydrogen-bond acceptors (Lipinski definition) is 4. The van der Waals surface area contributed by atoms with Crippen LogP contribution >= 0.6 is 11.6 Å². The van der Waals surface area contributed by atoms with Crippen molar-refractivity contribution in [3.63, 3.8) is 0 Å². The molecule has 0 aliphatic heterocycles. The predicted octanol–water partition coefficient (Wildman–Crippen LogP) is 4.16.